The van der Waals surface area contributed by atoms with Gasteiger partial charge in [0.2, 0.25) is 10.0 Å². The number of rotatable bonds is 6. The maximum absolute atomic E-state index is 12.4. The highest BCUT2D eigenvalue weighted by Gasteiger charge is 2.34. The van der Waals surface area contributed by atoms with E-state index in [1.807, 2.05) is 27.7 Å². The summed E-state index contributed by atoms with van der Waals surface area (Å²) in [5.74, 6) is 0.131. The molecule has 2 atom stereocenters. The molecular weight excluding hydrogens is 364 g/mol. The molecule has 0 amide bonds. The Kier molecular flexibility index (Phi) is 6.58. The van der Waals surface area contributed by atoms with Crippen LogP contribution in [0.4, 0.5) is 0 Å². The quantitative estimate of drug-likeness (QED) is 0.707. The van der Waals surface area contributed by atoms with Gasteiger partial charge in [0.15, 0.2) is 0 Å². The second-order valence-electron chi connectivity index (χ2n) is 8.17. The standard InChI is InChI=1S/C16H32N2O5S2/c1-13-9-18(10-14(2)23-13)16(3,4)12-17-25(21,22)11-15-5-7-24(19,20)8-6-15/h13-15,17H,5-12H2,1-4H3/t13-,14-/m0/s1. The summed E-state index contributed by atoms with van der Waals surface area (Å²) in [6.45, 7) is 10.0. The molecule has 0 saturated carbocycles. The average Bonchev–Trinajstić information content (AvgIpc) is 2.47. The largest absolute Gasteiger partial charge is 0.373 e. The molecule has 0 spiro atoms. The van der Waals surface area contributed by atoms with Gasteiger partial charge in [-0.3, -0.25) is 4.90 Å². The van der Waals surface area contributed by atoms with Gasteiger partial charge in [-0.2, -0.15) is 0 Å². The first-order valence-corrected chi connectivity index (χ1v) is 12.4. The molecule has 9 heteroatoms. The normalized spacial score (nSPS) is 29.6. The first-order chi connectivity index (χ1) is 11.4. The number of nitrogens with zero attached hydrogens (tertiary/aromatic N) is 1. The summed E-state index contributed by atoms with van der Waals surface area (Å²) in [6, 6.07) is 0. The number of ether oxygens (including phenoxy) is 1. The van der Waals surface area contributed by atoms with E-state index < -0.39 is 19.9 Å². The molecule has 0 radical (unpaired) electrons. The predicted molar refractivity (Wildman–Crippen MR) is 98.8 cm³/mol. The Morgan fingerprint density at radius 3 is 2.16 bits per heavy atom. The third-order valence-electron chi connectivity index (χ3n) is 5.13. The Bertz CT molecular complexity index is 636. The van der Waals surface area contributed by atoms with Gasteiger partial charge < -0.3 is 4.74 Å². The zero-order valence-electron chi connectivity index (χ0n) is 15.7. The highest BCUT2D eigenvalue weighted by Crippen LogP contribution is 2.22. The number of morpholine rings is 1. The molecule has 148 valence electrons. The summed E-state index contributed by atoms with van der Waals surface area (Å²) in [5.41, 5.74) is -0.310. The summed E-state index contributed by atoms with van der Waals surface area (Å²) >= 11 is 0. The molecule has 2 aliphatic rings. The molecule has 2 heterocycles. The van der Waals surface area contributed by atoms with E-state index in [4.69, 9.17) is 4.74 Å². The third kappa shape index (κ3) is 6.46. The molecular formula is C16H32N2O5S2. The zero-order valence-corrected chi connectivity index (χ0v) is 17.3. The summed E-state index contributed by atoms with van der Waals surface area (Å²) in [5, 5.41) is 0. The van der Waals surface area contributed by atoms with Gasteiger partial charge in [-0.1, -0.05) is 0 Å². The van der Waals surface area contributed by atoms with E-state index in [0.717, 1.165) is 13.1 Å². The van der Waals surface area contributed by atoms with E-state index >= 15 is 0 Å². The minimum absolute atomic E-state index is 0.00845. The van der Waals surface area contributed by atoms with Gasteiger partial charge in [0.25, 0.3) is 0 Å². The van der Waals surface area contributed by atoms with Gasteiger partial charge in [0.05, 0.1) is 29.5 Å². The van der Waals surface area contributed by atoms with Crippen molar-refractivity contribution in [1.82, 2.24) is 9.62 Å². The highest BCUT2D eigenvalue weighted by molar-refractivity contribution is 7.91. The van der Waals surface area contributed by atoms with E-state index in [9.17, 15) is 16.8 Å². The van der Waals surface area contributed by atoms with E-state index in [0.29, 0.717) is 19.4 Å². The maximum Gasteiger partial charge on any atom is 0.211 e. The number of hydrogen-bond donors (Lipinski definition) is 1. The first kappa shape index (κ1) is 21.1. The molecule has 0 aromatic rings. The highest BCUT2D eigenvalue weighted by atomic mass is 32.2. The van der Waals surface area contributed by atoms with Crippen LogP contribution in [0.1, 0.15) is 40.5 Å². The van der Waals surface area contributed by atoms with E-state index in [-0.39, 0.29) is 40.9 Å². The molecule has 7 nitrogen and oxygen atoms in total. The minimum Gasteiger partial charge on any atom is -0.373 e. The average molecular weight is 397 g/mol. The van der Waals surface area contributed by atoms with Crippen molar-refractivity contribution in [2.24, 2.45) is 5.92 Å². The van der Waals surface area contributed by atoms with Crippen molar-refractivity contribution in [3.63, 3.8) is 0 Å². The topological polar surface area (TPSA) is 92.8 Å². The minimum atomic E-state index is -3.42. The SMILES string of the molecule is C[C@H]1CN(C(C)(C)CNS(=O)(=O)CC2CCS(=O)(=O)CC2)C[C@H](C)O1. The molecule has 1 N–H and O–H groups in total. The van der Waals surface area contributed by atoms with Gasteiger partial charge in [-0.15, -0.1) is 0 Å². The molecule has 0 unspecified atom stereocenters. The Morgan fingerprint density at radius 1 is 1.12 bits per heavy atom. The molecule has 2 fully saturated rings. The summed E-state index contributed by atoms with van der Waals surface area (Å²) in [4.78, 5) is 2.27. The van der Waals surface area contributed by atoms with E-state index in [2.05, 4.69) is 9.62 Å². The second kappa shape index (κ2) is 7.80. The lowest BCUT2D eigenvalue weighted by atomic mass is 10.0. The fourth-order valence-corrected chi connectivity index (χ4v) is 6.78. The number of sulfone groups is 1. The zero-order chi connectivity index (χ0) is 18.9. The fourth-order valence-electron chi connectivity index (χ4n) is 3.55. The van der Waals surface area contributed by atoms with Gasteiger partial charge in [0.1, 0.15) is 9.84 Å². The third-order valence-corrected chi connectivity index (χ3v) is 8.34. The van der Waals surface area contributed by atoms with Crippen LogP contribution in [0.25, 0.3) is 0 Å². The van der Waals surface area contributed by atoms with Crippen LogP contribution in [-0.2, 0) is 24.6 Å². The monoisotopic (exact) mass is 396 g/mol. The van der Waals surface area contributed by atoms with Crippen LogP contribution in [0, 0.1) is 5.92 Å². The Hall–Kier alpha value is -0.220. The van der Waals surface area contributed by atoms with Crippen molar-refractivity contribution in [3.05, 3.63) is 0 Å². The number of sulfonamides is 1. The Labute approximate surface area is 152 Å². The summed E-state index contributed by atoms with van der Waals surface area (Å²) in [6.07, 6.45) is 1.13. The second-order valence-corrected chi connectivity index (χ2v) is 12.3. The molecule has 0 aromatic carbocycles. The van der Waals surface area contributed by atoms with Gasteiger partial charge in [-0.25, -0.2) is 21.6 Å². The van der Waals surface area contributed by atoms with Crippen LogP contribution in [0.3, 0.4) is 0 Å². The lowest BCUT2D eigenvalue weighted by Gasteiger charge is -2.45. The van der Waals surface area contributed by atoms with Crippen molar-refractivity contribution >= 4 is 19.9 Å². The van der Waals surface area contributed by atoms with Crippen molar-refractivity contribution in [3.8, 4) is 0 Å². The van der Waals surface area contributed by atoms with Crippen molar-refractivity contribution in [2.45, 2.75) is 58.3 Å². The van der Waals surface area contributed by atoms with Crippen LogP contribution in [0.2, 0.25) is 0 Å². The Balaban J connectivity index is 1.88. The predicted octanol–water partition coefficient (Wildman–Crippen LogP) is 0.618. The van der Waals surface area contributed by atoms with Crippen molar-refractivity contribution in [2.75, 3.05) is 36.9 Å². The smallest absolute Gasteiger partial charge is 0.211 e. The van der Waals surface area contributed by atoms with Crippen molar-refractivity contribution < 1.29 is 21.6 Å². The molecule has 2 rings (SSSR count). The fraction of sp³-hybridized carbons (Fsp3) is 1.00. The molecule has 0 aliphatic carbocycles. The van der Waals surface area contributed by atoms with Crippen LogP contribution < -0.4 is 4.72 Å². The van der Waals surface area contributed by atoms with Crippen LogP contribution in [0.5, 0.6) is 0 Å². The molecule has 0 aromatic heterocycles. The molecule has 2 saturated heterocycles. The number of hydrogen-bond acceptors (Lipinski definition) is 6. The van der Waals surface area contributed by atoms with Gasteiger partial charge in [-0.05, 0) is 46.5 Å². The summed E-state index contributed by atoms with van der Waals surface area (Å²) < 4.78 is 56.2. The maximum atomic E-state index is 12.4. The Morgan fingerprint density at radius 2 is 1.64 bits per heavy atom. The van der Waals surface area contributed by atoms with Crippen LogP contribution >= 0.6 is 0 Å². The van der Waals surface area contributed by atoms with Crippen molar-refractivity contribution in [1.29, 1.82) is 0 Å². The number of nitrogens with one attached hydrogen (secondary N) is 1. The lowest BCUT2D eigenvalue weighted by Crippen LogP contribution is -2.58. The molecule has 0 bridgehead atoms. The van der Waals surface area contributed by atoms with Crippen LogP contribution in [0.15, 0.2) is 0 Å². The van der Waals surface area contributed by atoms with E-state index in [1.165, 1.54) is 0 Å². The van der Waals surface area contributed by atoms with Gasteiger partial charge in [0, 0.05) is 25.2 Å². The first-order valence-electron chi connectivity index (χ1n) is 8.97. The van der Waals surface area contributed by atoms with Gasteiger partial charge >= 0.3 is 0 Å². The molecule has 2 aliphatic heterocycles. The van der Waals surface area contributed by atoms with Crippen LogP contribution in [-0.4, -0.2) is 76.4 Å². The summed E-state index contributed by atoms with van der Waals surface area (Å²) in [7, 11) is -6.39. The van der Waals surface area contributed by atoms with E-state index in [1.54, 1.807) is 0 Å². The molecule has 25 heavy (non-hydrogen) atoms. The lowest BCUT2D eigenvalue weighted by molar-refractivity contribution is -0.0945.